The topological polar surface area (TPSA) is 55.7 Å². The van der Waals surface area contributed by atoms with Crippen molar-refractivity contribution in [1.29, 1.82) is 0 Å². The number of hydrogen-bond donors (Lipinski definition) is 1. The third kappa shape index (κ3) is 6.07. The van der Waals surface area contributed by atoms with E-state index in [1.807, 2.05) is 36.4 Å². The first-order valence-corrected chi connectivity index (χ1v) is 11.2. The Kier molecular flexibility index (Phi) is 8.27. The summed E-state index contributed by atoms with van der Waals surface area (Å²) in [7, 11) is 1.65. The van der Waals surface area contributed by atoms with Crippen LogP contribution >= 0.6 is 11.3 Å². The van der Waals surface area contributed by atoms with Gasteiger partial charge in [-0.3, -0.25) is 5.43 Å². The number of anilines is 1. The number of thiazole rings is 1. The van der Waals surface area contributed by atoms with Crippen molar-refractivity contribution in [3.05, 3.63) is 59.0 Å². The van der Waals surface area contributed by atoms with Crippen molar-refractivity contribution in [3.8, 4) is 22.8 Å². The van der Waals surface area contributed by atoms with E-state index in [2.05, 4.69) is 41.5 Å². The Morgan fingerprint density at radius 2 is 1.90 bits per heavy atom. The van der Waals surface area contributed by atoms with Crippen molar-refractivity contribution in [2.45, 2.75) is 39.5 Å². The Hall–Kier alpha value is -2.86. The molecule has 0 saturated carbocycles. The van der Waals surface area contributed by atoms with Crippen LogP contribution in [0.2, 0.25) is 0 Å². The smallest absolute Gasteiger partial charge is 0.204 e. The summed E-state index contributed by atoms with van der Waals surface area (Å²) >= 11 is 1.59. The fourth-order valence-electron chi connectivity index (χ4n) is 3.06. The molecule has 2 aromatic carbocycles. The first-order valence-electron chi connectivity index (χ1n) is 10.3. The first-order chi connectivity index (χ1) is 14.7. The molecular weight excluding hydrogens is 394 g/mol. The monoisotopic (exact) mass is 423 g/mol. The molecule has 1 heterocycles. The maximum atomic E-state index is 5.87. The minimum Gasteiger partial charge on any atom is -0.493 e. The minimum atomic E-state index is 0.707. The summed E-state index contributed by atoms with van der Waals surface area (Å²) in [6.07, 6.45) is 6.47. The average Bonchev–Trinajstić information content (AvgIpc) is 3.15. The van der Waals surface area contributed by atoms with E-state index in [-0.39, 0.29) is 0 Å². The Labute approximate surface area is 182 Å². The molecule has 158 valence electrons. The number of methoxy groups -OCH3 is 1. The molecule has 3 aromatic rings. The van der Waals surface area contributed by atoms with E-state index in [0.717, 1.165) is 39.0 Å². The number of nitrogens with one attached hydrogen (secondary N) is 1. The van der Waals surface area contributed by atoms with Gasteiger partial charge in [0.25, 0.3) is 0 Å². The molecule has 6 heteroatoms. The number of unbranched alkanes of at least 4 members (excludes halogenated alkanes) is 3. The largest absolute Gasteiger partial charge is 0.493 e. The highest BCUT2D eigenvalue weighted by Crippen LogP contribution is 2.30. The Morgan fingerprint density at radius 1 is 1.07 bits per heavy atom. The van der Waals surface area contributed by atoms with Gasteiger partial charge in [0.15, 0.2) is 11.5 Å². The molecule has 0 amide bonds. The summed E-state index contributed by atoms with van der Waals surface area (Å²) in [5.41, 5.74) is 6.06. The van der Waals surface area contributed by atoms with Crippen molar-refractivity contribution in [3.63, 3.8) is 0 Å². The van der Waals surface area contributed by atoms with Crippen LogP contribution in [0, 0.1) is 6.92 Å². The van der Waals surface area contributed by atoms with Gasteiger partial charge < -0.3 is 9.47 Å². The van der Waals surface area contributed by atoms with Crippen LogP contribution in [-0.4, -0.2) is 24.9 Å². The molecule has 0 aliphatic heterocycles. The number of rotatable bonds is 11. The van der Waals surface area contributed by atoms with Crippen LogP contribution in [-0.2, 0) is 0 Å². The predicted molar refractivity (Wildman–Crippen MR) is 126 cm³/mol. The third-order valence-electron chi connectivity index (χ3n) is 4.66. The third-order valence-corrected chi connectivity index (χ3v) is 5.54. The van der Waals surface area contributed by atoms with Crippen LogP contribution in [0.15, 0.2) is 53.6 Å². The number of aromatic nitrogens is 1. The molecule has 0 radical (unpaired) electrons. The summed E-state index contributed by atoms with van der Waals surface area (Å²) in [6.45, 7) is 4.98. The lowest BCUT2D eigenvalue weighted by Crippen LogP contribution is -2.00. The maximum Gasteiger partial charge on any atom is 0.204 e. The van der Waals surface area contributed by atoms with E-state index < -0.39 is 0 Å². The summed E-state index contributed by atoms with van der Waals surface area (Å²) in [5.74, 6) is 1.48. The van der Waals surface area contributed by atoms with Crippen molar-refractivity contribution in [2.75, 3.05) is 19.1 Å². The standard InChI is InChI=1S/C24H29N3O2S/c1-4-5-6-10-15-29-21-14-13-19(16-22(21)28-3)17-25-27-24-26-23(18(2)30-24)20-11-8-7-9-12-20/h7-9,11-14,16-17H,4-6,10,15H2,1-3H3,(H,26,27)/b25-17+. The highest BCUT2D eigenvalue weighted by Gasteiger charge is 2.09. The lowest BCUT2D eigenvalue weighted by atomic mass is 10.1. The number of benzene rings is 2. The molecule has 3 rings (SSSR count). The van der Waals surface area contributed by atoms with Gasteiger partial charge in [0.1, 0.15) is 0 Å². The summed E-state index contributed by atoms with van der Waals surface area (Å²) < 4.78 is 11.3. The fraction of sp³-hybridized carbons (Fsp3) is 0.333. The quantitative estimate of drug-likeness (QED) is 0.216. The lowest BCUT2D eigenvalue weighted by molar-refractivity contribution is 0.285. The minimum absolute atomic E-state index is 0.707. The highest BCUT2D eigenvalue weighted by molar-refractivity contribution is 7.15. The Morgan fingerprint density at radius 3 is 2.67 bits per heavy atom. The van der Waals surface area contributed by atoms with Crippen LogP contribution in [0.25, 0.3) is 11.3 Å². The summed E-state index contributed by atoms with van der Waals surface area (Å²) in [6, 6.07) is 16.0. The van der Waals surface area contributed by atoms with Gasteiger partial charge in [-0.25, -0.2) is 4.98 Å². The molecule has 30 heavy (non-hydrogen) atoms. The summed E-state index contributed by atoms with van der Waals surface area (Å²) in [4.78, 5) is 5.82. The second kappa shape index (κ2) is 11.4. The summed E-state index contributed by atoms with van der Waals surface area (Å²) in [5, 5.41) is 5.10. The molecule has 1 N–H and O–H groups in total. The van der Waals surface area contributed by atoms with Crippen LogP contribution in [0.4, 0.5) is 5.13 Å². The van der Waals surface area contributed by atoms with Gasteiger partial charge in [-0.05, 0) is 37.1 Å². The molecular formula is C24H29N3O2S. The van der Waals surface area contributed by atoms with Gasteiger partial charge in [-0.1, -0.05) is 56.5 Å². The Balaban J connectivity index is 1.60. The van der Waals surface area contributed by atoms with Crippen LogP contribution in [0.3, 0.4) is 0 Å². The molecule has 0 saturated heterocycles. The van der Waals surface area contributed by atoms with Crippen molar-refractivity contribution in [2.24, 2.45) is 5.10 Å². The van der Waals surface area contributed by atoms with Gasteiger partial charge in [0, 0.05) is 10.4 Å². The van der Waals surface area contributed by atoms with Crippen molar-refractivity contribution in [1.82, 2.24) is 4.98 Å². The zero-order chi connectivity index (χ0) is 21.2. The van der Waals surface area contributed by atoms with Gasteiger partial charge in [0.05, 0.1) is 25.6 Å². The number of hydrogen-bond acceptors (Lipinski definition) is 6. The van der Waals surface area contributed by atoms with Crippen LogP contribution in [0.5, 0.6) is 11.5 Å². The fourth-order valence-corrected chi connectivity index (χ4v) is 3.85. The highest BCUT2D eigenvalue weighted by atomic mass is 32.1. The van der Waals surface area contributed by atoms with E-state index in [1.54, 1.807) is 24.7 Å². The number of hydrazone groups is 1. The molecule has 0 aliphatic rings. The van der Waals surface area contributed by atoms with Crippen molar-refractivity contribution >= 4 is 22.7 Å². The normalized spacial score (nSPS) is 11.0. The molecule has 1 aromatic heterocycles. The van der Waals surface area contributed by atoms with Crippen molar-refractivity contribution < 1.29 is 9.47 Å². The maximum absolute atomic E-state index is 5.87. The SMILES string of the molecule is CCCCCCOc1ccc(/C=N/Nc2nc(-c3ccccc3)c(C)s2)cc1OC. The van der Waals surface area contributed by atoms with Gasteiger partial charge in [-0.15, -0.1) is 11.3 Å². The molecule has 0 spiro atoms. The van der Waals surface area contributed by atoms with Gasteiger partial charge >= 0.3 is 0 Å². The van der Waals surface area contributed by atoms with E-state index in [1.165, 1.54) is 19.3 Å². The molecule has 0 aliphatic carbocycles. The average molecular weight is 424 g/mol. The van der Waals surface area contributed by atoms with E-state index >= 15 is 0 Å². The number of ether oxygens (including phenoxy) is 2. The van der Waals surface area contributed by atoms with E-state index in [0.29, 0.717) is 12.4 Å². The molecule has 0 atom stereocenters. The molecule has 5 nitrogen and oxygen atoms in total. The molecule has 0 bridgehead atoms. The second-order valence-corrected chi connectivity index (χ2v) is 8.18. The van der Waals surface area contributed by atoms with E-state index in [4.69, 9.17) is 9.47 Å². The first kappa shape index (κ1) is 21.8. The lowest BCUT2D eigenvalue weighted by Gasteiger charge is -2.11. The molecule has 0 fully saturated rings. The molecule has 0 unspecified atom stereocenters. The second-order valence-electron chi connectivity index (χ2n) is 6.98. The van der Waals surface area contributed by atoms with E-state index in [9.17, 15) is 0 Å². The number of aryl methyl sites for hydroxylation is 1. The zero-order valence-corrected chi connectivity index (χ0v) is 18.7. The predicted octanol–water partition coefficient (Wildman–Crippen LogP) is 6.53. The van der Waals surface area contributed by atoms with Crippen LogP contribution in [0.1, 0.15) is 43.0 Å². The number of nitrogens with zero attached hydrogens (tertiary/aromatic N) is 2. The van der Waals surface area contributed by atoms with Gasteiger partial charge in [0.2, 0.25) is 5.13 Å². The zero-order valence-electron chi connectivity index (χ0n) is 17.9. The Bertz CT molecular complexity index is 954. The van der Waals surface area contributed by atoms with Crippen LogP contribution < -0.4 is 14.9 Å². The van der Waals surface area contributed by atoms with Gasteiger partial charge in [-0.2, -0.15) is 5.10 Å².